The van der Waals surface area contributed by atoms with Gasteiger partial charge in [0.25, 0.3) is 0 Å². The molecule has 0 fully saturated rings. The molecule has 6 nitrogen and oxygen atoms in total. The number of methoxy groups -OCH3 is 2. The van der Waals surface area contributed by atoms with Gasteiger partial charge in [-0.3, -0.25) is 0 Å². The Morgan fingerprint density at radius 1 is 0.964 bits per heavy atom. The lowest BCUT2D eigenvalue weighted by Crippen LogP contribution is -2.09. The molecule has 0 spiro atoms. The first-order valence-corrected chi connectivity index (χ1v) is 9.29. The zero-order valence-corrected chi connectivity index (χ0v) is 16.9. The van der Waals surface area contributed by atoms with E-state index < -0.39 is 0 Å². The first-order chi connectivity index (χ1) is 13.6. The zero-order valence-electron chi connectivity index (χ0n) is 16.1. The lowest BCUT2D eigenvalue weighted by Gasteiger charge is -2.12. The van der Waals surface area contributed by atoms with Crippen molar-refractivity contribution in [2.45, 2.75) is 13.3 Å². The van der Waals surface area contributed by atoms with E-state index in [1.165, 1.54) is 0 Å². The van der Waals surface area contributed by atoms with Crippen LogP contribution in [-0.2, 0) is 6.42 Å². The highest BCUT2D eigenvalue weighted by molar-refractivity contribution is 6.33. The SMILES string of the molecule is COc1ccc(CCNc2cc(C)nc(Nc3ccccc3Cl)n2)cc1OC. The molecule has 0 aliphatic rings. The summed E-state index contributed by atoms with van der Waals surface area (Å²) in [5, 5.41) is 7.13. The molecule has 3 aromatic rings. The van der Waals surface area contributed by atoms with Crippen molar-refractivity contribution in [1.82, 2.24) is 9.97 Å². The van der Waals surface area contributed by atoms with E-state index in [2.05, 4.69) is 20.6 Å². The van der Waals surface area contributed by atoms with E-state index in [4.69, 9.17) is 21.1 Å². The number of halogens is 1. The highest BCUT2D eigenvalue weighted by atomic mass is 35.5. The van der Waals surface area contributed by atoms with Crippen LogP contribution >= 0.6 is 11.6 Å². The summed E-state index contributed by atoms with van der Waals surface area (Å²) in [7, 11) is 3.27. The smallest absolute Gasteiger partial charge is 0.229 e. The van der Waals surface area contributed by atoms with Crippen molar-refractivity contribution in [2.24, 2.45) is 0 Å². The zero-order chi connectivity index (χ0) is 19.9. The van der Waals surface area contributed by atoms with Gasteiger partial charge in [-0.1, -0.05) is 29.8 Å². The fourth-order valence-corrected chi connectivity index (χ4v) is 2.95. The Morgan fingerprint density at radius 2 is 1.75 bits per heavy atom. The molecule has 7 heteroatoms. The molecule has 2 aromatic carbocycles. The summed E-state index contributed by atoms with van der Waals surface area (Å²) < 4.78 is 10.6. The molecule has 0 aliphatic heterocycles. The maximum Gasteiger partial charge on any atom is 0.229 e. The third-order valence-corrected chi connectivity index (χ3v) is 4.47. The van der Waals surface area contributed by atoms with Crippen molar-refractivity contribution < 1.29 is 9.47 Å². The molecule has 0 unspecified atom stereocenters. The molecule has 0 aliphatic carbocycles. The monoisotopic (exact) mass is 398 g/mol. The van der Waals surface area contributed by atoms with Gasteiger partial charge in [0, 0.05) is 18.3 Å². The van der Waals surface area contributed by atoms with Gasteiger partial charge >= 0.3 is 0 Å². The number of nitrogens with one attached hydrogen (secondary N) is 2. The topological polar surface area (TPSA) is 68.3 Å². The van der Waals surface area contributed by atoms with Crippen molar-refractivity contribution in [2.75, 3.05) is 31.4 Å². The van der Waals surface area contributed by atoms with E-state index >= 15 is 0 Å². The number of aromatic nitrogens is 2. The molecule has 2 N–H and O–H groups in total. The van der Waals surface area contributed by atoms with Crippen LogP contribution in [0, 0.1) is 6.92 Å². The van der Waals surface area contributed by atoms with Gasteiger partial charge in [0.15, 0.2) is 11.5 Å². The van der Waals surface area contributed by atoms with Gasteiger partial charge < -0.3 is 20.1 Å². The van der Waals surface area contributed by atoms with Crippen molar-refractivity contribution >= 4 is 29.1 Å². The highest BCUT2D eigenvalue weighted by Gasteiger charge is 2.07. The van der Waals surface area contributed by atoms with Gasteiger partial charge in [-0.2, -0.15) is 4.98 Å². The van der Waals surface area contributed by atoms with Crippen LogP contribution in [0.15, 0.2) is 48.5 Å². The molecule has 1 heterocycles. The van der Waals surface area contributed by atoms with Crippen LogP contribution in [0.5, 0.6) is 11.5 Å². The summed E-state index contributed by atoms with van der Waals surface area (Å²) in [5.41, 5.74) is 2.77. The number of anilines is 3. The van der Waals surface area contributed by atoms with Crippen LogP contribution in [0.25, 0.3) is 0 Å². The van der Waals surface area contributed by atoms with Crippen molar-refractivity contribution in [3.05, 3.63) is 64.8 Å². The third-order valence-electron chi connectivity index (χ3n) is 4.14. The van der Waals surface area contributed by atoms with Crippen molar-refractivity contribution in [3.63, 3.8) is 0 Å². The van der Waals surface area contributed by atoms with Crippen molar-refractivity contribution in [3.8, 4) is 11.5 Å². The molecule has 0 bridgehead atoms. The summed E-state index contributed by atoms with van der Waals surface area (Å²) >= 11 is 6.20. The normalized spacial score (nSPS) is 10.4. The average molecular weight is 399 g/mol. The predicted octanol–water partition coefficient (Wildman–Crippen LogP) is 4.85. The lowest BCUT2D eigenvalue weighted by atomic mass is 10.1. The number of nitrogens with zero attached hydrogens (tertiary/aromatic N) is 2. The summed E-state index contributed by atoms with van der Waals surface area (Å²) in [6.45, 7) is 2.65. The van der Waals surface area contributed by atoms with E-state index in [-0.39, 0.29) is 0 Å². The average Bonchev–Trinajstić information content (AvgIpc) is 2.69. The Bertz CT molecular complexity index is 949. The number of hydrogen-bond acceptors (Lipinski definition) is 6. The minimum Gasteiger partial charge on any atom is -0.493 e. The molecule has 1 aromatic heterocycles. The summed E-state index contributed by atoms with van der Waals surface area (Å²) in [5.74, 6) is 2.70. The van der Waals surface area contributed by atoms with Gasteiger partial charge in [-0.05, 0) is 43.2 Å². The number of aryl methyl sites for hydroxylation is 1. The van der Waals surface area contributed by atoms with Gasteiger partial charge in [0.05, 0.1) is 24.9 Å². The number of para-hydroxylation sites is 1. The summed E-state index contributed by atoms with van der Waals surface area (Å²) in [6.07, 6.45) is 0.816. The summed E-state index contributed by atoms with van der Waals surface area (Å²) in [6, 6.07) is 15.3. The number of benzene rings is 2. The molecule has 0 atom stereocenters. The van der Waals surface area contributed by atoms with Gasteiger partial charge in [0.2, 0.25) is 5.95 Å². The fourth-order valence-electron chi connectivity index (χ4n) is 2.77. The molecule has 3 rings (SSSR count). The minimum absolute atomic E-state index is 0.502. The first-order valence-electron chi connectivity index (χ1n) is 8.91. The van der Waals surface area contributed by atoms with Crippen LogP contribution < -0.4 is 20.1 Å². The minimum atomic E-state index is 0.502. The molecule has 0 saturated heterocycles. The number of rotatable bonds is 8. The van der Waals surface area contributed by atoms with Crippen LogP contribution in [0.1, 0.15) is 11.3 Å². The van der Waals surface area contributed by atoms with E-state index in [0.717, 1.165) is 47.2 Å². The highest BCUT2D eigenvalue weighted by Crippen LogP contribution is 2.28. The fraction of sp³-hybridized carbons (Fsp3) is 0.238. The Hall–Kier alpha value is -2.99. The quantitative estimate of drug-likeness (QED) is 0.565. The standard InChI is InChI=1S/C21H23ClN4O2/c1-14-12-20(26-21(24-14)25-17-7-5-4-6-16(17)22)23-11-10-15-8-9-18(27-2)19(13-15)28-3/h4-9,12-13H,10-11H2,1-3H3,(H2,23,24,25,26). The van der Waals surface area contributed by atoms with E-state index in [1.54, 1.807) is 14.2 Å². The lowest BCUT2D eigenvalue weighted by molar-refractivity contribution is 0.354. The first kappa shape index (κ1) is 19.8. The van der Waals surface area contributed by atoms with E-state index in [9.17, 15) is 0 Å². The maximum atomic E-state index is 6.20. The van der Waals surface area contributed by atoms with Gasteiger partial charge in [-0.25, -0.2) is 4.98 Å². The Labute approximate surface area is 169 Å². The Kier molecular flexibility index (Phi) is 6.55. The molecular formula is C21H23ClN4O2. The molecule has 146 valence electrons. The van der Waals surface area contributed by atoms with Gasteiger partial charge in [0.1, 0.15) is 5.82 Å². The Balaban J connectivity index is 1.65. The maximum absolute atomic E-state index is 6.20. The Morgan fingerprint density at radius 3 is 2.50 bits per heavy atom. The van der Waals surface area contributed by atoms with Gasteiger partial charge in [-0.15, -0.1) is 0 Å². The summed E-state index contributed by atoms with van der Waals surface area (Å²) in [4.78, 5) is 8.95. The number of hydrogen-bond donors (Lipinski definition) is 2. The molecule has 0 radical (unpaired) electrons. The second kappa shape index (κ2) is 9.28. The van der Waals surface area contributed by atoms with Crippen LogP contribution in [0.2, 0.25) is 5.02 Å². The van der Waals surface area contributed by atoms with E-state index in [1.807, 2.05) is 55.5 Å². The van der Waals surface area contributed by atoms with Crippen LogP contribution in [0.4, 0.5) is 17.5 Å². The molecular weight excluding hydrogens is 376 g/mol. The van der Waals surface area contributed by atoms with Crippen molar-refractivity contribution in [1.29, 1.82) is 0 Å². The van der Waals surface area contributed by atoms with E-state index in [0.29, 0.717) is 11.0 Å². The molecule has 0 saturated carbocycles. The predicted molar refractivity (Wildman–Crippen MR) is 113 cm³/mol. The molecule has 28 heavy (non-hydrogen) atoms. The third kappa shape index (κ3) is 5.04. The second-order valence-electron chi connectivity index (χ2n) is 6.19. The second-order valence-corrected chi connectivity index (χ2v) is 6.60. The largest absolute Gasteiger partial charge is 0.493 e. The number of ether oxygens (including phenoxy) is 2. The van der Waals surface area contributed by atoms with Crippen LogP contribution in [-0.4, -0.2) is 30.7 Å². The molecule has 0 amide bonds. The van der Waals surface area contributed by atoms with Crippen LogP contribution in [0.3, 0.4) is 0 Å².